The molecular weight excluding hydrogens is 370 g/mol. The van der Waals surface area contributed by atoms with E-state index in [1.54, 1.807) is 6.20 Å². The fourth-order valence-corrected chi connectivity index (χ4v) is 3.31. The van der Waals surface area contributed by atoms with Crippen LogP contribution in [0.15, 0.2) is 48.0 Å². The van der Waals surface area contributed by atoms with Gasteiger partial charge in [-0.2, -0.15) is 0 Å². The minimum absolute atomic E-state index is 0.0796. The van der Waals surface area contributed by atoms with Crippen LogP contribution in [0.4, 0.5) is 5.69 Å². The summed E-state index contributed by atoms with van der Waals surface area (Å²) in [5.41, 5.74) is 3.82. The van der Waals surface area contributed by atoms with Gasteiger partial charge in [-0.05, 0) is 42.2 Å². The van der Waals surface area contributed by atoms with Crippen molar-refractivity contribution < 1.29 is 9.53 Å². The molecule has 2 aromatic heterocycles. The van der Waals surface area contributed by atoms with E-state index in [9.17, 15) is 4.79 Å². The van der Waals surface area contributed by atoms with Gasteiger partial charge in [0.25, 0.3) is 0 Å². The smallest absolute Gasteiger partial charge is 0.230 e. The molecule has 0 unspecified atom stereocenters. The maximum Gasteiger partial charge on any atom is 0.230 e. The van der Waals surface area contributed by atoms with Crippen LogP contribution in [0.25, 0.3) is 0 Å². The Morgan fingerprint density at radius 3 is 2.54 bits per heavy atom. The molecule has 0 saturated heterocycles. The number of benzene rings is 1. The first-order valence-corrected chi connectivity index (χ1v) is 10.1. The minimum atomic E-state index is -0.0796. The van der Waals surface area contributed by atoms with Gasteiger partial charge in [-0.1, -0.05) is 32.9 Å². The van der Waals surface area contributed by atoms with E-state index in [-0.39, 0.29) is 17.7 Å². The highest BCUT2D eigenvalue weighted by Gasteiger charge is 2.14. The molecule has 0 aliphatic heterocycles. The Bertz CT molecular complexity index is 926. The summed E-state index contributed by atoms with van der Waals surface area (Å²) in [5.74, 6) is 0.628. The topological polar surface area (TPSA) is 64.1 Å². The Kier molecular flexibility index (Phi) is 6.09. The third-order valence-electron chi connectivity index (χ3n) is 4.22. The van der Waals surface area contributed by atoms with Crippen molar-refractivity contribution >= 4 is 22.9 Å². The van der Waals surface area contributed by atoms with Crippen molar-refractivity contribution in [3.63, 3.8) is 0 Å². The Morgan fingerprint density at radius 1 is 1.14 bits per heavy atom. The van der Waals surface area contributed by atoms with Gasteiger partial charge in [0.1, 0.15) is 17.4 Å². The number of nitrogens with zero attached hydrogens (tertiary/aromatic N) is 2. The molecule has 0 fully saturated rings. The first kappa shape index (κ1) is 20.0. The second-order valence-corrected chi connectivity index (χ2v) is 8.65. The van der Waals surface area contributed by atoms with Crippen molar-refractivity contribution in [2.45, 2.75) is 46.1 Å². The zero-order valence-corrected chi connectivity index (χ0v) is 17.5. The van der Waals surface area contributed by atoms with Crippen LogP contribution in [-0.2, 0) is 23.2 Å². The number of hydrogen-bond donors (Lipinski definition) is 1. The second kappa shape index (κ2) is 8.52. The zero-order chi connectivity index (χ0) is 20.1. The van der Waals surface area contributed by atoms with Crippen LogP contribution in [0.1, 0.15) is 42.7 Å². The number of amides is 1. The maximum absolute atomic E-state index is 12.3. The maximum atomic E-state index is 12.3. The van der Waals surface area contributed by atoms with E-state index in [4.69, 9.17) is 4.74 Å². The van der Waals surface area contributed by atoms with Crippen molar-refractivity contribution in [1.82, 2.24) is 9.97 Å². The third-order valence-corrected chi connectivity index (χ3v) is 5.09. The second-order valence-electron chi connectivity index (χ2n) is 7.71. The van der Waals surface area contributed by atoms with E-state index in [2.05, 4.69) is 36.1 Å². The number of anilines is 1. The normalized spacial score (nSPS) is 11.3. The average Bonchev–Trinajstić information content (AvgIpc) is 3.08. The molecule has 5 nitrogen and oxygen atoms in total. The molecule has 0 radical (unpaired) electrons. The van der Waals surface area contributed by atoms with Gasteiger partial charge in [-0.15, -0.1) is 11.3 Å². The van der Waals surface area contributed by atoms with E-state index < -0.39 is 0 Å². The molecule has 28 heavy (non-hydrogen) atoms. The molecule has 1 aromatic carbocycles. The van der Waals surface area contributed by atoms with Crippen LogP contribution in [0.2, 0.25) is 0 Å². The number of nitrogens with one attached hydrogen (secondary N) is 1. The van der Waals surface area contributed by atoms with Gasteiger partial charge in [-0.3, -0.25) is 9.78 Å². The summed E-state index contributed by atoms with van der Waals surface area (Å²) < 4.78 is 5.68. The van der Waals surface area contributed by atoms with Crippen molar-refractivity contribution in [2.24, 2.45) is 0 Å². The number of carbonyl (C=O) groups excluding carboxylic acids is 1. The Balaban J connectivity index is 1.51. The summed E-state index contributed by atoms with van der Waals surface area (Å²) in [6, 6.07) is 11.8. The van der Waals surface area contributed by atoms with E-state index >= 15 is 0 Å². The van der Waals surface area contributed by atoms with Crippen molar-refractivity contribution in [3.8, 4) is 5.75 Å². The lowest BCUT2D eigenvalue weighted by molar-refractivity contribution is -0.115. The first-order chi connectivity index (χ1) is 13.3. The SMILES string of the molecule is Cc1ccc(OCc2nc(CC(=O)Nc3ccc(C(C)(C)C)cc3)cs2)cn1. The summed E-state index contributed by atoms with van der Waals surface area (Å²) >= 11 is 1.49. The van der Waals surface area contributed by atoms with Crippen LogP contribution < -0.4 is 10.1 Å². The van der Waals surface area contributed by atoms with Gasteiger partial charge in [0.15, 0.2) is 0 Å². The molecule has 1 N–H and O–H groups in total. The molecule has 3 rings (SSSR count). The van der Waals surface area contributed by atoms with Crippen LogP contribution in [0, 0.1) is 6.92 Å². The van der Waals surface area contributed by atoms with Crippen molar-refractivity contribution in [3.05, 3.63) is 69.9 Å². The predicted molar refractivity (Wildman–Crippen MR) is 113 cm³/mol. The zero-order valence-electron chi connectivity index (χ0n) is 16.7. The van der Waals surface area contributed by atoms with Gasteiger partial charge in [0, 0.05) is 16.8 Å². The Labute approximate surface area is 169 Å². The van der Waals surface area contributed by atoms with E-state index in [0.29, 0.717) is 12.4 Å². The first-order valence-electron chi connectivity index (χ1n) is 9.19. The standard InChI is InChI=1S/C22H25N3O2S/c1-15-5-10-19(12-23-15)27-13-21-25-18(14-28-21)11-20(26)24-17-8-6-16(7-9-17)22(2,3)4/h5-10,12,14H,11,13H2,1-4H3,(H,24,26). The summed E-state index contributed by atoms with van der Waals surface area (Å²) in [6.45, 7) is 8.80. The quantitative estimate of drug-likeness (QED) is 0.644. The number of aryl methyl sites for hydroxylation is 1. The van der Waals surface area contributed by atoms with Crippen LogP contribution in [0.5, 0.6) is 5.75 Å². The molecular formula is C22H25N3O2S. The minimum Gasteiger partial charge on any atom is -0.485 e. The number of hydrogen-bond acceptors (Lipinski definition) is 5. The van der Waals surface area contributed by atoms with Gasteiger partial charge >= 0.3 is 0 Å². The number of aromatic nitrogens is 2. The number of thiazole rings is 1. The van der Waals surface area contributed by atoms with Gasteiger partial charge in [0.2, 0.25) is 5.91 Å². The highest BCUT2D eigenvalue weighted by atomic mass is 32.1. The fourth-order valence-electron chi connectivity index (χ4n) is 2.60. The van der Waals surface area contributed by atoms with Crippen molar-refractivity contribution in [2.75, 3.05) is 5.32 Å². The number of carbonyl (C=O) groups is 1. The average molecular weight is 396 g/mol. The molecule has 0 bridgehead atoms. The molecule has 3 aromatic rings. The fraction of sp³-hybridized carbons (Fsp3) is 0.318. The molecule has 0 atom stereocenters. The summed E-state index contributed by atoms with van der Waals surface area (Å²) in [5, 5.41) is 5.66. The highest BCUT2D eigenvalue weighted by molar-refractivity contribution is 7.09. The number of pyridine rings is 1. The molecule has 6 heteroatoms. The molecule has 2 heterocycles. The van der Waals surface area contributed by atoms with E-state index in [0.717, 1.165) is 22.1 Å². The van der Waals surface area contributed by atoms with Crippen LogP contribution >= 0.6 is 11.3 Å². The molecule has 0 spiro atoms. The summed E-state index contributed by atoms with van der Waals surface area (Å²) in [6.07, 6.45) is 1.94. The van der Waals surface area contributed by atoms with Crippen LogP contribution in [-0.4, -0.2) is 15.9 Å². The van der Waals surface area contributed by atoms with Crippen molar-refractivity contribution in [1.29, 1.82) is 0 Å². The molecule has 0 saturated carbocycles. The summed E-state index contributed by atoms with van der Waals surface area (Å²) in [7, 11) is 0. The number of rotatable bonds is 6. The summed E-state index contributed by atoms with van der Waals surface area (Å²) in [4.78, 5) is 21.0. The number of ether oxygens (including phenoxy) is 1. The van der Waals surface area contributed by atoms with E-state index in [1.807, 2.05) is 48.7 Å². The lowest BCUT2D eigenvalue weighted by Crippen LogP contribution is -2.15. The lowest BCUT2D eigenvalue weighted by atomic mass is 9.87. The third kappa shape index (κ3) is 5.63. The van der Waals surface area contributed by atoms with Gasteiger partial charge < -0.3 is 10.1 Å². The Hall–Kier alpha value is -2.73. The Morgan fingerprint density at radius 2 is 1.89 bits per heavy atom. The van der Waals surface area contributed by atoms with Gasteiger partial charge in [0.05, 0.1) is 18.3 Å². The largest absolute Gasteiger partial charge is 0.485 e. The highest BCUT2D eigenvalue weighted by Crippen LogP contribution is 2.23. The monoisotopic (exact) mass is 395 g/mol. The van der Waals surface area contributed by atoms with E-state index in [1.165, 1.54) is 16.9 Å². The lowest BCUT2D eigenvalue weighted by Gasteiger charge is -2.19. The molecule has 0 aliphatic rings. The molecule has 0 aliphatic carbocycles. The predicted octanol–water partition coefficient (Wildman–Crippen LogP) is 4.90. The van der Waals surface area contributed by atoms with Crippen LogP contribution in [0.3, 0.4) is 0 Å². The molecule has 146 valence electrons. The molecule has 1 amide bonds. The van der Waals surface area contributed by atoms with Gasteiger partial charge in [-0.25, -0.2) is 4.98 Å².